The van der Waals surface area contributed by atoms with Gasteiger partial charge < -0.3 is 10.8 Å². The van der Waals surface area contributed by atoms with Crippen LogP contribution in [0.4, 0.5) is 0 Å². The molecule has 18 heavy (non-hydrogen) atoms. The first kappa shape index (κ1) is 11.8. The lowest BCUT2D eigenvalue weighted by molar-refractivity contribution is 0.0996. The van der Waals surface area contributed by atoms with Crippen molar-refractivity contribution in [2.45, 2.75) is 6.42 Å². The van der Waals surface area contributed by atoms with Crippen LogP contribution in [0.3, 0.4) is 0 Å². The van der Waals surface area contributed by atoms with Crippen molar-refractivity contribution in [1.82, 2.24) is 15.4 Å². The molecule has 4 N–H and O–H groups in total. The number of H-pyrrole nitrogens is 1. The van der Waals surface area contributed by atoms with Gasteiger partial charge in [-0.15, -0.1) is 6.58 Å². The Kier molecular flexibility index (Phi) is 3.09. The molecule has 0 fully saturated rings. The SMILES string of the molecule is C=CCc1cc(-c2n[nH]nc2C(N)=O)ccc1O. The van der Waals surface area contributed by atoms with E-state index in [1.54, 1.807) is 18.2 Å². The summed E-state index contributed by atoms with van der Waals surface area (Å²) >= 11 is 0. The minimum Gasteiger partial charge on any atom is -0.508 e. The van der Waals surface area contributed by atoms with Crippen molar-refractivity contribution in [2.24, 2.45) is 5.73 Å². The number of carbonyl (C=O) groups excluding carboxylic acids is 1. The number of hydrogen-bond acceptors (Lipinski definition) is 4. The molecular formula is C12H12N4O2. The Bertz CT molecular complexity index is 604. The van der Waals surface area contributed by atoms with Gasteiger partial charge in [-0.1, -0.05) is 6.08 Å². The number of aromatic amines is 1. The molecule has 0 saturated carbocycles. The van der Waals surface area contributed by atoms with E-state index in [9.17, 15) is 9.90 Å². The van der Waals surface area contributed by atoms with Gasteiger partial charge in [-0.2, -0.15) is 15.4 Å². The Morgan fingerprint density at radius 3 is 2.94 bits per heavy atom. The second-order valence-electron chi connectivity index (χ2n) is 3.72. The average molecular weight is 244 g/mol. The molecule has 0 unspecified atom stereocenters. The monoisotopic (exact) mass is 244 g/mol. The van der Waals surface area contributed by atoms with Crippen LogP contribution in [-0.2, 0) is 6.42 Å². The van der Waals surface area contributed by atoms with Crippen molar-refractivity contribution < 1.29 is 9.90 Å². The molecule has 0 spiro atoms. The second-order valence-corrected chi connectivity index (χ2v) is 3.72. The van der Waals surface area contributed by atoms with Crippen LogP contribution in [-0.4, -0.2) is 26.4 Å². The number of nitrogens with one attached hydrogen (secondary N) is 1. The van der Waals surface area contributed by atoms with Gasteiger partial charge in [0.2, 0.25) is 0 Å². The molecule has 0 atom stereocenters. The molecule has 0 bridgehead atoms. The smallest absolute Gasteiger partial charge is 0.271 e. The van der Waals surface area contributed by atoms with Gasteiger partial charge in [-0.3, -0.25) is 4.79 Å². The molecular weight excluding hydrogens is 232 g/mol. The molecule has 1 amide bonds. The minimum atomic E-state index is -0.655. The quantitative estimate of drug-likeness (QED) is 0.698. The van der Waals surface area contributed by atoms with E-state index in [0.29, 0.717) is 23.2 Å². The van der Waals surface area contributed by atoms with Crippen LogP contribution in [0.2, 0.25) is 0 Å². The molecule has 92 valence electrons. The average Bonchev–Trinajstić information content (AvgIpc) is 2.81. The third-order valence-electron chi connectivity index (χ3n) is 2.50. The molecule has 6 nitrogen and oxygen atoms in total. The fourth-order valence-electron chi connectivity index (χ4n) is 1.66. The molecule has 2 aromatic rings. The van der Waals surface area contributed by atoms with E-state index in [4.69, 9.17) is 5.73 Å². The van der Waals surface area contributed by atoms with Crippen LogP contribution in [0.5, 0.6) is 5.75 Å². The van der Waals surface area contributed by atoms with Crippen LogP contribution in [0.25, 0.3) is 11.3 Å². The van der Waals surface area contributed by atoms with Crippen molar-refractivity contribution >= 4 is 5.91 Å². The summed E-state index contributed by atoms with van der Waals surface area (Å²) in [4.78, 5) is 11.2. The summed E-state index contributed by atoms with van der Waals surface area (Å²) in [7, 11) is 0. The minimum absolute atomic E-state index is 0.0743. The summed E-state index contributed by atoms with van der Waals surface area (Å²) in [5.74, 6) is -0.486. The van der Waals surface area contributed by atoms with Gasteiger partial charge in [0.25, 0.3) is 5.91 Å². The Hall–Kier alpha value is -2.63. The fraction of sp³-hybridized carbons (Fsp3) is 0.0833. The maximum atomic E-state index is 11.2. The van der Waals surface area contributed by atoms with Gasteiger partial charge in [0.1, 0.15) is 11.4 Å². The Morgan fingerprint density at radius 1 is 1.50 bits per heavy atom. The molecule has 0 radical (unpaired) electrons. The number of carbonyl (C=O) groups is 1. The van der Waals surface area contributed by atoms with E-state index in [1.807, 2.05) is 0 Å². The van der Waals surface area contributed by atoms with Crippen LogP contribution >= 0.6 is 0 Å². The van der Waals surface area contributed by atoms with Crippen molar-refractivity contribution in [3.05, 3.63) is 42.1 Å². The largest absolute Gasteiger partial charge is 0.508 e. The van der Waals surface area contributed by atoms with Crippen LogP contribution < -0.4 is 5.73 Å². The Morgan fingerprint density at radius 2 is 2.28 bits per heavy atom. The van der Waals surface area contributed by atoms with Crippen LogP contribution in [0.1, 0.15) is 16.1 Å². The number of rotatable bonds is 4. The van der Waals surface area contributed by atoms with Crippen molar-refractivity contribution in [3.8, 4) is 17.0 Å². The van der Waals surface area contributed by atoms with Crippen LogP contribution in [0, 0.1) is 0 Å². The summed E-state index contributed by atoms with van der Waals surface area (Å²) in [5.41, 5.74) is 6.99. The first-order valence-corrected chi connectivity index (χ1v) is 5.27. The fourth-order valence-corrected chi connectivity index (χ4v) is 1.66. The zero-order chi connectivity index (χ0) is 13.1. The molecule has 0 aliphatic carbocycles. The summed E-state index contributed by atoms with van der Waals surface area (Å²) < 4.78 is 0. The third kappa shape index (κ3) is 2.08. The lowest BCUT2D eigenvalue weighted by Crippen LogP contribution is -2.12. The number of phenolic OH excluding ortho intramolecular Hbond substituents is 1. The Labute approximate surface area is 103 Å². The number of aromatic hydroxyl groups is 1. The van der Waals surface area contributed by atoms with Crippen molar-refractivity contribution in [2.75, 3.05) is 0 Å². The van der Waals surface area contributed by atoms with E-state index in [2.05, 4.69) is 22.0 Å². The molecule has 0 aliphatic heterocycles. The van der Waals surface area contributed by atoms with Gasteiger partial charge in [-0.25, -0.2) is 0 Å². The summed E-state index contributed by atoms with van der Waals surface area (Å²) in [6.07, 6.45) is 2.19. The molecule has 6 heteroatoms. The molecule has 0 aliphatic rings. The van der Waals surface area contributed by atoms with Crippen molar-refractivity contribution in [3.63, 3.8) is 0 Å². The summed E-state index contributed by atoms with van der Waals surface area (Å²) in [6.45, 7) is 3.62. The normalized spacial score (nSPS) is 10.2. The number of nitrogens with two attached hydrogens (primary N) is 1. The highest BCUT2D eigenvalue weighted by Crippen LogP contribution is 2.26. The first-order chi connectivity index (χ1) is 8.63. The highest BCUT2D eigenvalue weighted by atomic mass is 16.3. The maximum Gasteiger partial charge on any atom is 0.271 e. The van der Waals surface area contributed by atoms with E-state index in [0.717, 1.165) is 0 Å². The van der Waals surface area contributed by atoms with E-state index in [1.165, 1.54) is 6.07 Å². The molecule has 1 aromatic carbocycles. The lowest BCUT2D eigenvalue weighted by Gasteiger charge is -2.04. The van der Waals surface area contributed by atoms with Gasteiger partial charge in [-0.05, 0) is 30.2 Å². The third-order valence-corrected chi connectivity index (χ3v) is 2.50. The molecule has 2 rings (SSSR count). The summed E-state index contributed by atoms with van der Waals surface area (Å²) in [6, 6.07) is 4.90. The molecule has 0 saturated heterocycles. The number of aromatic nitrogens is 3. The molecule has 1 aromatic heterocycles. The molecule has 1 heterocycles. The Balaban J connectivity index is 2.50. The van der Waals surface area contributed by atoms with Crippen molar-refractivity contribution in [1.29, 1.82) is 0 Å². The number of primary amides is 1. The van der Waals surface area contributed by atoms with Gasteiger partial charge in [0.05, 0.1) is 0 Å². The lowest BCUT2D eigenvalue weighted by atomic mass is 10.0. The maximum absolute atomic E-state index is 11.2. The number of allylic oxidation sites excluding steroid dienone is 1. The number of amides is 1. The first-order valence-electron chi connectivity index (χ1n) is 5.27. The second kappa shape index (κ2) is 4.70. The van der Waals surface area contributed by atoms with Gasteiger partial charge in [0, 0.05) is 5.56 Å². The number of hydrogen-bond donors (Lipinski definition) is 3. The van der Waals surface area contributed by atoms with E-state index < -0.39 is 5.91 Å². The zero-order valence-corrected chi connectivity index (χ0v) is 9.55. The number of benzene rings is 1. The van der Waals surface area contributed by atoms with E-state index in [-0.39, 0.29) is 11.4 Å². The van der Waals surface area contributed by atoms with E-state index >= 15 is 0 Å². The zero-order valence-electron chi connectivity index (χ0n) is 9.55. The van der Waals surface area contributed by atoms with Crippen LogP contribution in [0.15, 0.2) is 30.9 Å². The highest BCUT2D eigenvalue weighted by molar-refractivity contribution is 5.96. The number of phenols is 1. The topological polar surface area (TPSA) is 105 Å². The standard InChI is InChI=1S/C12H12N4O2/c1-2-3-7-6-8(4-5-9(7)17)10-11(12(13)18)15-16-14-10/h2,4-6,17H,1,3H2,(H2,13,18)(H,14,15,16). The number of nitrogens with zero attached hydrogens (tertiary/aromatic N) is 2. The predicted octanol–water partition coefficient (Wildman–Crippen LogP) is 1.00. The van der Waals surface area contributed by atoms with Gasteiger partial charge in [0.15, 0.2) is 5.69 Å². The van der Waals surface area contributed by atoms with Gasteiger partial charge >= 0.3 is 0 Å². The highest BCUT2D eigenvalue weighted by Gasteiger charge is 2.15. The predicted molar refractivity (Wildman–Crippen MR) is 65.9 cm³/mol. The summed E-state index contributed by atoms with van der Waals surface area (Å²) in [5, 5.41) is 19.6.